The van der Waals surface area contributed by atoms with E-state index in [0.29, 0.717) is 29.7 Å². The van der Waals surface area contributed by atoms with Gasteiger partial charge in [0, 0.05) is 24.6 Å². The zero-order valence-corrected chi connectivity index (χ0v) is 18.5. The van der Waals surface area contributed by atoms with Crippen LogP contribution in [0.1, 0.15) is 40.2 Å². The van der Waals surface area contributed by atoms with E-state index in [1.54, 1.807) is 11.8 Å². The molecule has 2 heterocycles. The summed E-state index contributed by atoms with van der Waals surface area (Å²) in [6.07, 6.45) is 1.04. The van der Waals surface area contributed by atoms with Gasteiger partial charge in [0.05, 0.1) is 5.54 Å². The van der Waals surface area contributed by atoms with Gasteiger partial charge in [-0.25, -0.2) is 14.8 Å². The maximum atomic E-state index is 12.7. The molecule has 1 unspecified atom stereocenters. The van der Waals surface area contributed by atoms with Crippen molar-refractivity contribution in [1.82, 2.24) is 20.2 Å². The van der Waals surface area contributed by atoms with Gasteiger partial charge in [-0.15, -0.1) is 0 Å². The topological polar surface area (TPSA) is 93.7 Å². The quantitative estimate of drug-likeness (QED) is 0.730. The molecule has 1 saturated carbocycles. The molecule has 0 spiro atoms. The van der Waals surface area contributed by atoms with Crippen molar-refractivity contribution in [3.05, 3.63) is 17.0 Å². The fraction of sp³-hybridized carbons (Fsp3) is 0.700. The van der Waals surface area contributed by atoms with Crippen LogP contribution in [-0.4, -0.2) is 57.7 Å². The number of carbonyl (C=O) groups is 2. The number of amides is 2. The average Bonchev–Trinajstić information content (AvgIpc) is 3.09. The Kier molecular flexibility index (Phi) is 5.69. The molecule has 1 aromatic heterocycles. The molecule has 1 aromatic rings. The van der Waals surface area contributed by atoms with Gasteiger partial charge >= 0.3 is 6.09 Å². The van der Waals surface area contributed by atoms with Crippen molar-refractivity contribution in [1.29, 1.82) is 0 Å². The summed E-state index contributed by atoms with van der Waals surface area (Å²) >= 11 is 5.98. The number of hydrogen-bond acceptors (Lipinski definition) is 6. The Hall–Kier alpha value is -2.09. The largest absolute Gasteiger partial charge is 0.475 e. The van der Waals surface area contributed by atoms with Crippen molar-refractivity contribution >= 4 is 23.6 Å². The number of nitrogens with zero attached hydrogens (tertiary/aromatic N) is 3. The van der Waals surface area contributed by atoms with Crippen molar-refractivity contribution in [3.8, 4) is 5.88 Å². The molecule has 3 rings (SSSR count). The smallest absolute Gasteiger partial charge is 0.410 e. The number of fused-ring (bicyclic) bond motifs is 1. The van der Waals surface area contributed by atoms with Crippen LogP contribution in [0.3, 0.4) is 0 Å². The number of nitrogens with one attached hydrogen (secondary N) is 1. The molecular formula is C20H29ClN4O4. The predicted molar refractivity (Wildman–Crippen MR) is 108 cm³/mol. The molecular weight excluding hydrogens is 396 g/mol. The zero-order valence-electron chi connectivity index (χ0n) is 17.8. The van der Waals surface area contributed by atoms with Crippen molar-refractivity contribution in [2.75, 3.05) is 19.7 Å². The van der Waals surface area contributed by atoms with Crippen LogP contribution in [0.15, 0.2) is 6.33 Å². The lowest BCUT2D eigenvalue weighted by Gasteiger charge is -2.28. The number of halogens is 1. The van der Waals surface area contributed by atoms with Crippen LogP contribution in [0.2, 0.25) is 5.15 Å². The van der Waals surface area contributed by atoms with Gasteiger partial charge in [-0.1, -0.05) is 11.6 Å². The third-order valence-electron chi connectivity index (χ3n) is 5.16. The minimum absolute atomic E-state index is 0.00474. The average molecular weight is 425 g/mol. The van der Waals surface area contributed by atoms with E-state index in [9.17, 15) is 9.59 Å². The van der Waals surface area contributed by atoms with E-state index in [1.165, 1.54) is 6.33 Å². The highest BCUT2D eigenvalue weighted by atomic mass is 35.5. The SMILES string of the molecule is Cc1c(Cl)ncnc1OCC(C)(C)NC(=O)C1[C@H]2CN(C(=O)OC(C)(C)C)C[C@@H]12. The van der Waals surface area contributed by atoms with Gasteiger partial charge in [0.15, 0.2) is 0 Å². The van der Waals surface area contributed by atoms with E-state index >= 15 is 0 Å². The van der Waals surface area contributed by atoms with E-state index in [0.717, 1.165) is 0 Å². The molecule has 9 heteroatoms. The fourth-order valence-electron chi connectivity index (χ4n) is 3.65. The Bertz CT molecular complexity index is 796. The molecule has 1 aliphatic heterocycles. The normalized spacial score (nSPS) is 23.4. The highest BCUT2D eigenvalue weighted by Crippen LogP contribution is 2.52. The molecule has 0 radical (unpaired) electrons. The second kappa shape index (κ2) is 7.63. The first kappa shape index (κ1) is 21.6. The highest BCUT2D eigenvalue weighted by molar-refractivity contribution is 6.30. The number of carbonyl (C=O) groups excluding carboxylic acids is 2. The van der Waals surface area contributed by atoms with Crippen molar-refractivity contribution < 1.29 is 19.1 Å². The summed E-state index contributed by atoms with van der Waals surface area (Å²) in [7, 11) is 0. The first-order chi connectivity index (χ1) is 13.4. The predicted octanol–water partition coefficient (Wildman–Crippen LogP) is 2.82. The number of piperidine rings is 1. The first-order valence-corrected chi connectivity index (χ1v) is 10.2. The maximum absolute atomic E-state index is 12.7. The molecule has 8 nitrogen and oxygen atoms in total. The molecule has 2 amide bonds. The van der Waals surface area contributed by atoms with Crippen LogP contribution in [0.4, 0.5) is 4.79 Å². The molecule has 1 aliphatic carbocycles. The minimum atomic E-state index is -0.581. The third-order valence-corrected chi connectivity index (χ3v) is 5.54. The van der Waals surface area contributed by atoms with E-state index in [-0.39, 0.29) is 36.4 Å². The van der Waals surface area contributed by atoms with Crippen LogP contribution in [0.25, 0.3) is 0 Å². The summed E-state index contributed by atoms with van der Waals surface area (Å²) in [5.41, 5.74) is -0.435. The van der Waals surface area contributed by atoms with Gasteiger partial charge in [-0.05, 0) is 53.4 Å². The lowest BCUT2D eigenvalue weighted by molar-refractivity contribution is -0.125. The molecule has 3 atom stereocenters. The molecule has 0 bridgehead atoms. The lowest BCUT2D eigenvalue weighted by Crippen LogP contribution is -2.49. The van der Waals surface area contributed by atoms with Gasteiger partial charge in [-0.3, -0.25) is 4.79 Å². The van der Waals surface area contributed by atoms with Gasteiger partial charge in [0.2, 0.25) is 11.8 Å². The highest BCUT2D eigenvalue weighted by Gasteiger charge is 2.61. The van der Waals surface area contributed by atoms with Gasteiger partial charge < -0.3 is 19.7 Å². The first-order valence-electron chi connectivity index (χ1n) is 9.78. The van der Waals surface area contributed by atoms with Crippen LogP contribution in [-0.2, 0) is 9.53 Å². The van der Waals surface area contributed by atoms with Crippen LogP contribution >= 0.6 is 11.6 Å². The molecule has 0 aromatic carbocycles. The van der Waals surface area contributed by atoms with Gasteiger partial charge in [0.25, 0.3) is 0 Å². The summed E-state index contributed by atoms with van der Waals surface area (Å²) in [6, 6.07) is 0. The van der Waals surface area contributed by atoms with Crippen LogP contribution in [0.5, 0.6) is 5.88 Å². The van der Waals surface area contributed by atoms with Crippen molar-refractivity contribution in [2.45, 2.75) is 52.7 Å². The van der Waals surface area contributed by atoms with Crippen LogP contribution < -0.4 is 10.1 Å². The second-order valence-electron chi connectivity index (χ2n) is 9.50. The van der Waals surface area contributed by atoms with E-state index in [4.69, 9.17) is 21.1 Å². The Morgan fingerprint density at radius 3 is 2.41 bits per heavy atom. The Labute approximate surface area is 176 Å². The van der Waals surface area contributed by atoms with Gasteiger partial charge in [-0.2, -0.15) is 0 Å². The summed E-state index contributed by atoms with van der Waals surface area (Å²) in [5.74, 6) is 0.728. The minimum Gasteiger partial charge on any atom is -0.475 e. The van der Waals surface area contributed by atoms with Gasteiger partial charge in [0.1, 0.15) is 23.7 Å². The second-order valence-corrected chi connectivity index (χ2v) is 9.85. The Morgan fingerprint density at radius 1 is 1.21 bits per heavy atom. The number of rotatable bonds is 5. The van der Waals surface area contributed by atoms with Crippen LogP contribution in [0, 0.1) is 24.7 Å². The van der Waals surface area contributed by atoms with E-state index in [1.807, 2.05) is 34.6 Å². The van der Waals surface area contributed by atoms with Crippen molar-refractivity contribution in [2.24, 2.45) is 17.8 Å². The zero-order chi connectivity index (χ0) is 21.6. The number of ether oxygens (including phenoxy) is 2. The van der Waals surface area contributed by atoms with Crippen molar-refractivity contribution in [3.63, 3.8) is 0 Å². The fourth-order valence-corrected chi connectivity index (χ4v) is 3.78. The monoisotopic (exact) mass is 424 g/mol. The molecule has 2 aliphatic rings. The molecule has 1 N–H and O–H groups in total. The number of likely N-dealkylation sites (tertiary alicyclic amines) is 1. The number of hydrogen-bond donors (Lipinski definition) is 1. The standard InChI is InChI=1S/C20H29ClN4O4/c1-11-15(21)22-10-23-17(11)28-9-20(5,6)24-16(26)14-12-7-25(8-13(12)14)18(27)29-19(2,3)4/h10,12-14H,7-9H2,1-6H3,(H,24,26)/t12-,13+,14?. The lowest BCUT2D eigenvalue weighted by atomic mass is 10.1. The summed E-state index contributed by atoms with van der Waals surface area (Å²) in [5, 5.41) is 3.40. The molecule has 29 heavy (non-hydrogen) atoms. The summed E-state index contributed by atoms with van der Waals surface area (Å²) in [4.78, 5) is 34.6. The Morgan fingerprint density at radius 2 is 1.83 bits per heavy atom. The molecule has 1 saturated heterocycles. The number of aromatic nitrogens is 2. The molecule has 160 valence electrons. The summed E-state index contributed by atoms with van der Waals surface area (Å²) < 4.78 is 11.2. The summed E-state index contributed by atoms with van der Waals surface area (Å²) in [6.45, 7) is 12.5. The Balaban J connectivity index is 1.48. The van der Waals surface area contributed by atoms with E-state index in [2.05, 4.69) is 15.3 Å². The third kappa shape index (κ3) is 5.10. The van der Waals surface area contributed by atoms with E-state index < -0.39 is 11.1 Å². The maximum Gasteiger partial charge on any atom is 0.410 e. The molecule has 2 fully saturated rings.